The zero-order valence-electron chi connectivity index (χ0n) is 25.4. The van der Waals surface area contributed by atoms with Crippen LogP contribution in [-0.2, 0) is 9.16 Å². The predicted octanol–water partition coefficient (Wildman–Crippen LogP) is 7.94. The van der Waals surface area contributed by atoms with Crippen molar-refractivity contribution in [1.29, 1.82) is 0 Å². The Morgan fingerprint density at radius 2 is 1.51 bits per heavy atom. The lowest BCUT2D eigenvalue weighted by molar-refractivity contribution is -0.0531. The molecule has 0 radical (unpaired) electrons. The summed E-state index contributed by atoms with van der Waals surface area (Å²) in [5, 5.41) is 2.56. The summed E-state index contributed by atoms with van der Waals surface area (Å²) >= 11 is 0. The van der Waals surface area contributed by atoms with Gasteiger partial charge in [-0.25, -0.2) is 13.6 Å². The first-order chi connectivity index (χ1) is 19.6. The van der Waals surface area contributed by atoms with Crippen molar-refractivity contribution in [1.82, 2.24) is 4.90 Å². The van der Waals surface area contributed by atoms with Gasteiger partial charge in [-0.3, -0.25) is 0 Å². The lowest BCUT2D eigenvalue weighted by atomic mass is 9.79. The number of nitrogens with zero attached hydrogens (tertiary/aromatic N) is 1. The van der Waals surface area contributed by atoms with Gasteiger partial charge in [0.15, 0.2) is 0 Å². The summed E-state index contributed by atoms with van der Waals surface area (Å²) in [4.78, 5) is 14.7. The van der Waals surface area contributed by atoms with Crippen LogP contribution in [-0.4, -0.2) is 50.5 Å². The number of carbonyl (C=O) groups is 1. The maximum atomic E-state index is 13.8. The summed E-state index contributed by atoms with van der Waals surface area (Å²) in [6.45, 7) is 9.94. The molecule has 226 valence electrons. The van der Waals surface area contributed by atoms with E-state index in [9.17, 15) is 13.6 Å². The Bertz CT molecular complexity index is 1040. The highest BCUT2D eigenvalue weighted by atomic mass is 28.4. The summed E-state index contributed by atoms with van der Waals surface area (Å²) in [5.74, 6) is -2.06. The van der Waals surface area contributed by atoms with Gasteiger partial charge in [0.2, 0.25) is 5.92 Å². The second-order valence-corrected chi connectivity index (χ2v) is 17.4. The number of hydrogen-bond donors (Lipinski definition) is 0. The number of halogens is 2. The molecule has 0 atom stereocenters. The molecule has 0 heterocycles. The van der Waals surface area contributed by atoms with Crippen molar-refractivity contribution < 1.29 is 22.7 Å². The third-order valence-electron chi connectivity index (χ3n) is 9.05. The molecule has 0 spiro atoms. The highest BCUT2D eigenvalue weighted by Gasteiger charge is 2.52. The van der Waals surface area contributed by atoms with E-state index in [0.717, 1.165) is 38.5 Å². The maximum Gasteiger partial charge on any atom is 0.410 e. The fourth-order valence-electron chi connectivity index (χ4n) is 6.64. The lowest BCUT2D eigenvalue weighted by Gasteiger charge is -2.49. The molecule has 0 N–H and O–H groups in total. The Hall–Kier alpha value is -2.25. The Labute approximate surface area is 246 Å². The zero-order valence-corrected chi connectivity index (χ0v) is 26.4. The van der Waals surface area contributed by atoms with Gasteiger partial charge in [0.25, 0.3) is 8.32 Å². The summed E-state index contributed by atoms with van der Waals surface area (Å²) in [5.41, 5.74) is 0. The largest absolute Gasteiger partial charge is 0.449 e. The SMILES string of the molecule is CCCCOC(=O)N(CCCC1CC(O[Si](c2ccccc2)(c2ccccc2)C(C)(C)C)C1)C1CCC(F)(F)CC1. The highest BCUT2D eigenvalue weighted by molar-refractivity contribution is 6.99. The van der Waals surface area contributed by atoms with Crippen LogP contribution < -0.4 is 10.4 Å². The quantitative estimate of drug-likeness (QED) is 0.188. The molecule has 0 bridgehead atoms. The van der Waals surface area contributed by atoms with Crippen molar-refractivity contribution in [2.75, 3.05) is 13.2 Å². The first-order valence-corrected chi connectivity index (χ1v) is 17.6. The van der Waals surface area contributed by atoms with Gasteiger partial charge in [0.05, 0.1) is 6.61 Å². The van der Waals surface area contributed by atoms with Gasteiger partial charge < -0.3 is 14.1 Å². The number of alkyl halides is 2. The molecular weight excluding hydrogens is 536 g/mol. The van der Waals surface area contributed by atoms with E-state index >= 15 is 0 Å². The predicted molar refractivity (Wildman–Crippen MR) is 165 cm³/mol. The van der Waals surface area contributed by atoms with Crippen molar-refractivity contribution in [3.05, 3.63) is 60.7 Å². The van der Waals surface area contributed by atoms with Gasteiger partial charge in [-0.2, -0.15) is 0 Å². The third-order valence-corrected chi connectivity index (χ3v) is 14.1. The van der Waals surface area contributed by atoms with Crippen LogP contribution in [0, 0.1) is 5.92 Å². The maximum absolute atomic E-state index is 13.8. The molecule has 0 aromatic heterocycles. The monoisotopic (exact) mass is 585 g/mol. The number of unbranched alkanes of at least 4 members (excludes halogenated alkanes) is 1. The van der Waals surface area contributed by atoms with Crippen molar-refractivity contribution in [3.63, 3.8) is 0 Å². The van der Waals surface area contributed by atoms with Crippen LogP contribution in [0.4, 0.5) is 13.6 Å². The molecule has 1 amide bonds. The Balaban J connectivity index is 1.37. The van der Waals surface area contributed by atoms with Crippen LogP contribution >= 0.6 is 0 Å². The molecule has 4 nitrogen and oxygen atoms in total. The second kappa shape index (κ2) is 13.8. The molecule has 2 aliphatic carbocycles. The molecule has 0 saturated heterocycles. The fourth-order valence-corrected chi connectivity index (χ4v) is 11.4. The summed E-state index contributed by atoms with van der Waals surface area (Å²) in [6, 6.07) is 21.4. The minimum absolute atomic E-state index is 0.0454. The normalized spacial score (nSPS) is 21.2. The molecule has 2 aromatic rings. The van der Waals surface area contributed by atoms with Crippen LogP contribution in [0.2, 0.25) is 5.04 Å². The summed E-state index contributed by atoms with van der Waals surface area (Å²) in [7, 11) is -2.56. The zero-order chi connectivity index (χ0) is 29.5. The molecule has 2 saturated carbocycles. The lowest BCUT2D eigenvalue weighted by Crippen LogP contribution is -2.68. The number of rotatable bonds is 12. The van der Waals surface area contributed by atoms with E-state index in [2.05, 4.69) is 88.4 Å². The van der Waals surface area contributed by atoms with Crippen LogP contribution in [0.5, 0.6) is 0 Å². The molecule has 0 unspecified atom stereocenters. The third kappa shape index (κ3) is 7.78. The topological polar surface area (TPSA) is 38.8 Å². The van der Waals surface area contributed by atoms with Gasteiger partial charge in [-0.05, 0) is 66.3 Å². The van der Waals surface area contributed by atoms with Crippen LogP contribution in [0.25, 0.3) is 0 Å². The van der Waals surface area contributed by atoms with Gasteiger partial charge in [0.1, 0.15) is 0 Å². The van der Waals surface area contributed by atoms with Crippen molar-refractivity contribution in [2.24, 2.45) is 5.92 Å². The Kier molecular flexibility index (Phi) is 10.7. The van der Waals surface area contributed by atoms with E-state index in [4.69, 9.17) is 9.16 Å². The molecular formula is C34H49F2NO3Si. The molecule has 2 aromatic carbocycles. The van der Waals surface area contributed by atoms with Gasteiger partial charge in [-0.15, -0.1) is 0 Å². The second-order valence-electron chi connectivity index (χ2n) is 13.1. The number of hydrogen-bond acceptors (Lipinski definition) is 3. The van der Waals surface area contributed by atoms with E-state index in [1.165, 1.54) is 10.4 Å². The number of amides is 1. The van der Waals surface area contributed by atoms with E-state index in [1.54, 1.807) is 4.90 Å². The van der Waals surface area contributed by atoms with Crippen LogP contribution in [0.1, 0.15) is 91.9 Å². The van der Waals surface area contributed by atoms with Gasteiger partial charge >= 0.3 is 6.09 Å². The Morgan fingerprint density at radius 3 is 2.02 bits per heavy atom. The number of ether oxygens (including phenoxy) is 1. The highest BCUT2D eigenvalue weighted by Crippen LogP contribution is 2.43. The summed E-state index contributed by atoms with van der Waals surface area (Å²) in [6.07, 6.45) is 5.90. The standard InChI is InChI=1S/C34H49F2NO3Si/c1-5-6-24-39-32(38)37(28-19-21-34(35,36)22-20-28)23-13-14-27-25-29(26-27)40-41(33(2,3)4,30-15-9-7-10-16-30)31-17-11-8-12-18-31/h7-12,15-18,27-29H,5-6,13-14,19-26H2,1-4H3. The minimum Gasteiger partial charge on any atom is -0.449 e. The Morgan fingerprint density at radius 1 is 0.951 bits per heavy atom. The molecule has 4 rings (SSSR count). The van der Waals surface area contributed by atoms with Crippen molar-refractivity contribution in [2.45, 2.75) is 115 Å². The fraction of sp³-hybridized carbons (Fsp3) is 0.618. The smallest absolute Gasteiger partial charge is 0.410 e. The van der Waals surface area contributed by atoms with Crippen molar-refractivity contribution >= 4 is 24.8 Å². The van der Waals surface area contributed by atoms with Crippen LogP contribution in [0.3, 0.4) is 0 Å². The van der Waals surface area contributed by atoms with Gasteiger partial charge in [0, 0.05) is 31.5 Å². The molecule has 2 aliphatic rings. The molecule has 7 heteroatoms. The average Bonchev–Trinajstić information content (AvgIpc) is 2.92. The van der Waals surface area contributed by atoms with E-state index in [1.807, 2.05) is 0 Å². The van der Waals surface area contributed by atoms with Gasteiger partial charge in [-0.1, -0.05) is 94.8 Å². The number of carbonyl (C=O) groups excluding carboxylic acids is 1. The molecule has 2 fully saturated rings. The first kappa shape index (κ1) is 31.7. The molecule has 0 aliphatic heterocycles. The van der Waals surface area contributed by atoms with Crippen molar-refractivity contribution in [3.8, 4) is 0 Å². The van der Waals surface area contributed by atoms with E-state index in [0.29, 0.717) is 31.9 Å². The van der Waals surface area contributed by atoms with E-state index < -0.39 is 14.2 Å². The summed E-state index contributed by atoms with van der Waals surface area (Å²) < 4.78 is 40.4. The van der Waals surface area contributed by atoms with E-state index in [-0.39, 0.29) is 36.1 Å². The number of benzene rings is 2. The minimum atomic E-state index is -2.61. The first-order valence-electron chi connectivity index (χ1n) is 15.7. The molecule has 41 heavy (non-hydrogen) atoms. The van der Waals surface area contributed by atoms with Crippen LogP contribution in [0.15, 0.2) is 60.7 Å². The average molecular weight is 586 g/mol.